The van der Waals surface area contributed by atoms with Crippen molar-refractivity contribution in [3.05, 3.63) is 131 Å². The van der Waals surface area contributed by atoms with E-state index in [1.807, 2.05) is 42.5 Å². The van der Waals surface area contributed by atoms with Crippen molar-refractivity contribution in [1.82, 2.24) is 14.3 Å². The lowest BCUT2D eigenvalue weighted by molar-refractivity contribution is -0.384. The molecule has 1 atom stereocenters. The number of rotatable bonds is 9. The molecule has 0 aliphatic carbocycles. The van der Waals surface area contributed by atoms with Gasteiger partial charge in [-0.2, -0.15) is 0 Å². The predicted octanol–water partition coefficient (Wildman–Crippen LogP) is 5.77. The molecule has 13 heteroatoms. The summed E-state index contributed by atoms with van der Waals surface area (Å²) in [6, 6.07) is 26.8. The summed E-state index contributed by atoms with van der Waals surface area (Å²) in [5.74, 6) is -1.72. The highest BCUT2D eigenvalue weighted by atomic mass is 32.2. The van der Waals surface area contributed by atoms with Crippen LogP contribution in [0.1, 0.15) is 16.1 Å². The van der Waals surface area contributed by atoms with Crippen molar-refractivity contribution in [3.8, 4) is 0 Å². The highest BCUT2D eigenvalue weighted by Crippen LogP contribution is 2.29. The van der Waals surface area contributed by atoms with E-state index >= 15 is 0 Å². The Bertz CT molecular complexity index is 2060. The number of carbonyl (C=O) groups is 2. The Morgan fingerprint density at radius 1 is 0.932 bits per heavy atom. The van der Waals surface area contributed by atoms with Gasteiger partial charge in [0.05, 0.1) is 20.0 Å². The zero-order chi connectivity index (χ0) is 30.8. The Hall–Kier alpha value is -5.40. The number of nitrogens with zero attached hydrogens (tertiary/aromatic N) is 3. The van der Waals surface area contributed by atoms with Crippen LogP contribution in [0.4, 0.5) is 10.8 Å². The maximum Gasteiger partial charge on any atom is 0.269 e. The highest BCUT2D eigenvalue weighted by Gasteiger charge is 2.41. The SMILES string of the molecule is O=C(Nc1nc2ccccc2s1)C(Cc1cc2ccccc2[nH]1)N(C(=O)c1ccccc1)S(=O)(=O)c1ccc([N+](=O)[O-])cc1. The lowest BCUT2D eigenvalue weighted by Crippen LogP contribution is -2.51. The molecule has 0 saturated carbocycles. The number of amides is 2. The van der Waals surface area contributed by atoms with E-state index < -0.39 is 32.8 Å². The molecule has 44 heavy (non-hydrogen) atoms. The van der Waals surface area contributed by atoms with Crippen molar-refractivity contribution < 1.29 is 22.9 Å². The number of aromatic amines is 1. The zero-order valence-corrected chi connectivity index (χ0v) is 24.4. The number of nitro groups is 1. The number of H-pyrrole nitrogens is 1. The van der Waals surface area contributed by atoms with Crippen LogP contribution in [-0.2, 0) is 21.2 Å². The molecule has 0 aliphatic rings. The first kappa shape index (κ1) is 28.7. The summed E-state index contributed by atoms with van der Waals surface area (Å²) < 4.78 is 29.9. The van der Waals surface area contributed by atoms with E-state index in [1.54, 1.807) is 30.3 Å². The van der Waals surface area contributed by atoms with Crippen molar-refractivity contribution in [2.75, 3.05) is 5.32 Å². The van der Waals surface area contributed by atoms with Gasteiger partial charge in [0, 0.05) is 35.3 Å². The average Bonchev–Trinajstić information content (AvgIpc) is 3.64. The third kappa shape index (κ3) is 5.65. The summed E-state index contributed by atoms with van der Waals surface area (Å²) in [5.41, 5.74) is 1.64. The van der Waals surface area contributed by atoms with Crippen molar-refractivity contribution in [3.63, 3.8) is 0 Å². The minimum atomic E-state index is -4.73. The Labute approximate surface area is 255 Å². The number of non-ortho nitro benzene ring substituents is 1. The van der Waals surface area contributed by atoms with E-state index in [9.17, 15) is 28.1 Å². The quantitative estimate of drug-likeness (QED) is 0.153. The molecule has 6 rings (SSSR count). The number of hydrogen-bond donors (Lipinski definition) is 2. The number of benzene rings is 4. The van der Waals surface area contributed by atoms with Crippen LogP contribution in [0.25, 0.3) is 21.1 Å². The highest BCUT2D eigenvalue weighted by molar-refractivity contribution is 7.89. The molecule has 0 radical (unpaired) electrons. The molecular weight excluding hydrogens is 603 g/mol. The third-order valence-corrected chi connectivity index (χ3v) is 9.69. The van der Waals surface area contributed by atoms with E-state index in [1.165, 1.54) is 23.5 Å². The van der Waals surface area contributed by atoms with Gasteiger partial charge in [0.25, 0.3) is 27.5 Å². The molecule has 220 valence electrons. The number of nitrogens with one attached hydrogen (secondary N) is 2. The molecule has 2 amide bonds. The predicted molar refractivity (Wildman–Crippen MR) is 167 cm³/mol. The van der Waals surface area contributed by atoms with Gasteiger partial charge in [-0.3, -0.25) is 19.7 Å². The summed E-state index contributed by atoms with van der Waals surface area (Å²) in [6.45, 7) is 0. The Kier molecular flexibility index (Phi) is 7.64. The molecule has 2 aromatic heterocycles. The van der Waals surface area contributed by atoms with Gasteiger partial charge < -0.3 is 10.3 Å². The Morgan fingerprint density at radius 3 is 2.32 bits per heavy atom. The van der Waals surface area contributed by atoms with E-state index in [-0.39, 0.29) is 27.7 Å². The molecule has 6 aromatic rings. The molecule has 0 aliphatic heterocycles. The molecule has 0 saturated heterocycles. The third-order valence-electron chi connectivity index (χ3n) is 6.93. The monoisotopic (exact) mass is 625 g/mol. The van der Waals surface area contributed by atoms with Gasteiger partial charge in [-0.15, -0.1) is 0 Å². The van der Waals surface area contributed by atoms with Crippen LogP contribution in [0.5, 0.6) is 0 Å². The number of nitro benzene ring substituents is 1. The van der Waals surface area contributed by atoms with E-state index in [0.29, 0.717) is 15.5 Å². The van der Waals surface area contributed by atoms with Crippen LogP contribution in [0.15, 0.2) is 114 Å². The minimum Gasteiger partial charge on any atom is -0.358 e. The molecule has 2 heterocycles. The van der Waals surface area contributed by atoms with Crippen LogP contribution < -0.4 is 5.32 Å². The molecule has 0 bridgehead atoms. The topological polar surface area (TPSA) is 155 Å². The van der Waals surface area contributed by atoms with Crippen LogP contribution in [0, 0.1) is 10.1 Å². The molecule has 4 aromatic carbocycles. The van der Waals surface area contributed by atoms with Gasteiger partial charge in [0.2, 0.25) is 0 Å². The standard InChI is InChI=1S/C31H23N5O6S2/c37-29(34-31-33-26-12-6-7-13-28(26)43-31)27(19-22-18-21-10-4-5-11-25(21)32-22)35(30(38)20-8-2-1-3-9-20)44(41,42)24-16-14-23(15-17-24)36(39)40/h1-18,27,32H,19H2,(H,33,34,37). The van der Waals surface area contributed by atoms with Crippen LogP contribution >= 0.6 is 11.3 Å². The number of carbonyl (C=O) groups excluding carboxylic acids is 2. The van der Waals surface area contributed by atoms with Gasteiger partial charge >= 0.3 is 0 Å². The second kappa shape index (κ2) is 11.7. The first-order chi connectivity index (χ1) is 21.2. The number of hydrogen-bond acceptors (Lipinski definition) is 8. The fraction of sp³-hybridized carbons (Fsp3) is 0.0645. The largest absolute Gasteiger partial charge is 0.358 e. The van der Waals surface area contributed by atoms with Crippen molar-refractivity contribution in [2.45, 2.75) is 17.4 Å². The Balaban J connectivity index is 1.48. The minimum absolute atomic E-state index is 0.0346. The van der Waals surface area contributed by atoms with Crippen molar-refractivity contribution in [1.29, 1.82) is 0 Å². The number of fused-ring (bicyclic) bond motifs is 2. The molecule has 2 N–H and O–H groups in total. The van der Waals surface area contributed by atoms with Crippen LogP contribution in [-0.4, -0.2) is 45.5 Å². The maximum atomic E-state index is 14.3. The van der Waals surface area contributed by atoms with E-state index in [4.69, 9.17) is 0 Å². The lowest BCUT2D eigenvalue weighted by Gasteiger charge is -2.30. The number of aromatic nitrogens is 2. The first-order valence-electron chi connectivity index (χ1n) is 13.3. The first-order valence-corrected chi connectivity index (χ1v) is 15.6. The number of thiazole rings is 1. The van der Waals surface area contributed by atoms with Crippen molar-refractivity contribution >= 4 is 65.1 Å². The number of para-hydroxylation sites is 2. The second-order valence-corrected chi connectivity index (χ2v) is 12.6. The smallest absolute Gasteiger partial charge is 0.269 e. The van der Waals surface area contributed by atoms with Gasteiger partial charge in [-0.25, -0.2) is 17.7 Å². The summed E-state index contributed by atoms with van der Waals surface area (Å²) >= 11 is 1.21. The summed E-state index contributed by atoms with van der Waals surface area (Å²) in [7, 11) is -4.73. The Morgan fingerprint density at radius 2 is 1.61 bits per heavy atom. The van der Waals surface area contributed by atoms with Gasteiger partial charge in [-0.05, 0) is 53.9 Å². The zero-order valence-electron chi connectivity index (χ0n) is 22.8. The lowest BCUT2D eigenvalue weighted by atomic mass is 10.1. The average molecular weight is 626 g/mol. The summed E-state index contributed by atoms with van der Waals surface area (Å²) in [4.78, 5) is 46.0. The molecule has 1 unspecified atom stereocenters. The summed E-state index contributed by atoms with van der Waals surface area (Å²) in [5, 5.41) is 15.0. The molecular formula is C31H23N5O6S2. The molecule has 0 fully saturated rings. The summed E-state index contributed by atoms with van der Waals surface area (Å²) in [6.07, 6.45) is -0.198. The maximum absolute atomic E-state index is 14.3. The normalized spacial score (nSPS) is 12.2. The van der Waals surface area contributed by atoms with Crippen LogP contribution in [0.3, 0.4) is 0 Å². The van der Waals surface area contributed by atoms with E-state index in [2.05, 4.69) is 15.3 Å². The fourth-order valence-electron chi connectivity index (χ4n) is 4.83. The number of anilines is 1. The molecule has 0 spiro atoms. The fourth-order valence-corrected chi connectivity index (χ4v) is 7.23. The van der Waals surface area contributed by atoms with Crippen LogP contribution in [0.2, 0.25) is 0 Å². The van der Waals surface area contributed by atoms with Crippen molar-refractivity contribution in [2.24, 2.45) is 0 Å². The van der Waals surface area contributed by atoms with Gasteiger partial charge in [-0.1, -0.05) is 59.9 Å². The van der Waals surface area contributed by atoms with E-state index in [0.717, 1.165) is 39.9 Å². The molecule has 11 nitrogen and oxygen atoms in total. The van der Waals surface area contributed by atoms with Gasteiger partial charge in [0.15, 0.2) is 5.13 Å². The van der Waals surface area contributed by atoms with Gasteiger partial charge in [0.1, 0.15) is 6.04 Å². The number of sulfonamides is 1. The second-order valence-electron chi connectivity index (χ2n) is 9.80.